The molecule has 4 radical (unpaired) electrons. The third kappa shape index (κ3) is 4.40. The Balaban J connectivity index is 0.00000144. The Morgan fingerprint density at radius 1 is 1.31 bits per heavy atom. The van der Waals surface area contributed by atoms with E-state index < -0.39 is 0 Å². The van der Waals surface area contributed by atoms with Gasteiger partial charge in [0.1, 0.15) is 0 Å². The molecule has 0 saturated heterocycles. The van der Waals surface area contributed by atoms with Gasteiger partial charge in [-0.05, 0) is 12.5 Å². The van der Waals surface area contributed by atoms with Gasteiger partial charge in [-0.3, -0.25) is 4.79 Å². The van der Waals surface area contributed by atoms with Gasteiger partial charge in [0.15, 0.2) is 0 Å². The first-order chi connectivity index (χ1) is 5.70. The van der Waals surface area contributed by atoms with Gasteiger partial charge < -0.3 is 5.32 Å². The first-order valence-electron chi connectivity index (χ1n) is 4.02. The summed E-state index contributed by atoms with van der Waals surface area (Å²) in [5.74, 6) is 0.00588. The predicted octanol–water partition coefficient (Wildman–Crippen LogP) is 1.50. The van der Waals surface area contributed by atoms with Gasteiger partial charge in [-0.1, -0.05) is 30.3 Å². The molecule has 0 bridgehead atoms. The van der Waals surface area contributed by atoms with Crippen molar-refractivity contribution in [2.45, 2.75) is 19.9 Å². The van der Waals surface area contributed by atoms with Gasteiger partial charge in [-0.15, -0.1) is 0 Å². The van der Waals surface area contributed by atoms with Crippen molar-refractivity contribution in [1.82, 2.24) is 5.32 Å². The number of benzene rings is 1. The Bertz CT molecular complexity index is 261. The van der Waals surface area contributed by atoms with E-state index in [1.54, 1.807) is 0 Å². The number of hydrogen-bond donors (Lipinski definition) is 1. The maximum Gasteiger partial charge on any atom is 0.217 e. The molecule has 0 aromatic heterocycles. The average molecular weight is 370 g/mol. The van der Waals surface area contributed by atoms with Crippen LogP contribution in [0, 0.1) is 0 Å². The molecule has 1 aromatic rings. The minimum absolute atomic E-state index is 0. The summed E-state index contributed by atoms with van der Waals surface area (Å²) in [4.78, 5) is 10.7. The Morgan fingerprint density at radius 2 is 1.85 bits per heavy atom. The minimum Gasteiger partial charge on any atom is -0.350 e. The van der Waals surface area contributed by atoms with Crippen LogP contribution in [0.25, 0.3) is 0 Å². The SMILES string of the molecule is CC(=O)N[C@@H](C)c1ccccc1.[Pb]. The van der Waals surface area contributed by atoms with Crippen LogP contribution in [0.15, 0.2) is 30.3 Å². The molecular weight excluding hydrogens is 357 g/mol. The Kier molecular flexibility index (Phi) is 5.94. The first kappa shape index (κ1) is 12.6. The van der Waals surface area contributed by atoms with Crippen LogP contribution in [0.3, 0.4) is 0 Å². The van der Waals surface area contributed by atoms with Gasteiger partial charge in [-0.2, -0.15) is 0 Å². The van der Waals surface area contributed by atoms with Gasteiger partial charge in [-0.25, -0.2) is 0 Å². The molecule has 0 saturated carbocycles. The van der Waals surface area contributed by atoms with E-state index in [1.807, 2.05) is 37.3 Å². The van der Waals surface area contributed by atoms with E-state index in [-0.39, 0.29) is 39.2 Å². The first-order valence-corrected chi connectivity index (χ1v) is 4.02. The number of amides is 1. The molecule has 68 valence electrons. The molecule has 0 unspecified atom stereocenters. The molecular formula is C10H13NOPb. The Hall–Kier alpha value is -0.388. The fraction of sp³-hybridized carbons (Fsp3) is 0.300. The van der Waals surface area contributed by atoms with Crippen LogP contribution in [0.1, 0.15) is 25.5 Å². The van der Waals surface area contributed by atoms with E-state index in [0.717, 1.165) is 5.56 Å². The van der Waals surface area contributed by atoms with Gasteiger partial charge >= 0.3 is 0 Å². The van der Waals surface area contributed by atoms with Crippen molar-refractivity contribution >= 4 is 33.2 Å². The van der Waals surface area contributed by atoms with Crippen molar-refractivity contribution in [1.29, 1.82) is 0 Å². The van der Waals surface area contributed by atoms with Crippen molar-refractivity contribution in [2.24, 2.45) is 0 Å². The van der Waals surface area contributed by atoms with Crippen molar-refractivity contribution in [3.63, 3.8) is 0 Å². The molecule has 1 aromatic carbocycles. The van der Waals surface area contributed by atoms with Crippen LogP contribution in [0.2, 0.25) is 0 Å². The molecule has 2 nitrogen and oxygen atoms in total. The zero-order chi connectivity index (χ0) is 8.97. The summed E-state index contributed by atoms with van der Waals surface area (Å²) in [7, 11) is 0. The van der Waals surface area contributed by atoms with E-state index in [9.17, 15) is 4.79 Å². The molecule has 0 aliphatic heterocycles. The third-order valence-electron chi connectivity index (χ3n) is 1.72. The molecule has 0 spiro atoms. The van der Waals surface area contributed by atoms with Gasteiger partial charge in [0.05, 0.1) is 6.04 Å². The van der Waals surface area contributed by atoms with E-state index in [1.165, 1.54) is 6.92 Å². The Labute approximate surface area is 98.9 Å². The van der Waals surface area contributed by atoms with E-state index >= 15 is 0 Å². The van der Waals surface area contributed by atoms with E-state index in [0.29, 0.717) is 0 Å². The number of carbonyl (C=O) groups excluding carboxylic acids is 1. The summed E-state index contributed by atoms with van der Waals surface area (Å²) < 4.78 is 0. The summed E-state index contributed by atoms with van der Waals surface area (Å²) >= 11 is 0. The average Bonchev–Trinajstić information content (AvgIpc) is 2.05. The quantitative estimate of drug-likeness (QED) is 0.786. The fourth-order valence-electron chi connectivity index (χ4n) is 1.13. The zero-order valence-corrected chi connectivity index (χ0v) is 11.8. The molecule has 1 rings (SSSR count). The summed E-state index contributed by atoms with van der Waals surface area (Å²) in [5, 5.41) is 2.82. The van der Waals surface area contributed by atoms with Crippen LogP contribution in [-0.2, 0) is 4.79 Å². The second-order valence-corrected chi connectivity index (χ2v) is 2.83. The zero-order valence-electron chi connectivity index (χ0n) is 7.87. The third-order valence-corrected chi connectivity index (χ3v) is 1.72. The van der Waals surface area contributed by atoms with Crippen molar-refractivity contribution in [2.75, 3.05) is 0 Å². The summed E-state index contributed by atoms with van der Waals surface area (Å²) in [6.45, 7) is 3.50. The van der Waals surface area contributed by atoms with Crippen LogP contribution in [-0.4, -0.2) is 33.2 Å². The summed E-state index contributed by atoms with van der Waals surface area (Å²) in [6.07, 6.45) is 0. The van der Waals surface area contributed by atoms with Crippen molar-refractivity contribution in [3.8, 4) is 0 Å². The number of rotatable bonds is 2. The molecule has 0 aliphatic rings. The van der Waals surface area contributed by atoms with Crippen LogP contribution < -0.4 is 5.32 Å². The molecule has 13 heavy (non-hydrogen) atoms. The minimum atomic E-state index is 0. The maximum atomic E-state index is 10.7. The van der Waals surface area contributed by atoms with Crippen LogP contribution in [0.4, 0.5) is 0 Å². The molecule has 1 N–H and O–H groups in total. The van der Waals surface area contributed by atoms with Gasteiger partial charge in [0, 0.05) is 34.2 Å². The maximum absolute atomic E-state index is 10.7. The molecule has 0 fully saturated rings. The van der Waals surface area contributed by atoms with Crippen LogP contribution in [0.5, 0.6) is 0 Å². The number of carbonyl (C=O) groups is 1. The van der Waals surface area contributed by atoms with Gasteiger partial charge in [0.25, 0.3) is 0 Å². The summed E-state index contributed by atoms with van der Waals surface area (Å²) in [5.41, 5.74) is 1.13. The Morgan fingerprint density at radius 3 is 2.31 bits per heavy atom. The van der Waals surface area contributed by atoms with Crippen LogP contribution >= 0.6 is 0 Å². The molecule has 0 aliphatic carbocycles. The standard InChI is InChI=1S/C10H13NO.Pb/c1-8(11-9(2)12)10-6-4-3-5-7-10;/h3-8H,1-2H3,(H,11,12);/t8-;/m0./s1. The smallest absolute Gasteiger partial charge is 0.217 e. The molecule has 3 heteroatoms. The van der Waals surface area contributed by atoms with Crippen molar-refractivity contribution < 1.29 is 4.79 Å². The largest absolute Gasteiger partial charge is 0.350 e. The number of hydrogen-bond acceptors (Lipinski definition) is 1. The molecule has 1 atom stereocenters. The monoisotopic (exact) mass is 371 g/mol. The van der Waals surface area contributed by atoms with E-state index in [4.69, 9.17) is 0 Å². The topological polar surface area (TPSA) is 29.1 Å². The van der Waals surface area contributed by atoms with E-state index in [2.05, 4.69) is 5.32 Å². The van der Waals surface area contributed by atoms with Gasteiger partial charge in [0.2, 0.25) is 5.91 Å². The second kappa shape index (κ2) is 6.12. The van der Waals surface area contributed by atoms with Crippen molar-refractivity contribution in [3.05, 3.63) is 35.9 Å². The predicted molar refractivity (Wildman–Crippen MR) is 54.4 cm³/mol. The fourth-order valence-corrected chi connectivity index (χ4v) is 1.13. The molecule has 1 amide bonds. The normalized spacial score (nSPS) is 11.2. The number of nitrogens with one attached hydrogen (secondary N) is 1. The molecule has 0 heterocycles. The second-order valence-electron chi connectivity index (χ2n) is 2.83. The summed E-state index contributed by atoms with van der Waals surface area (Å²) in [6, 6.07) is 10.00.